The minimum atomic E-state index is -1.59. The average Bonchev–Trinajstić information content (AvgIpc) is 2.86. The fourth-order valence-corrected chi connectivity index (χ4v) is 1.70. The maximum atomic E-state index is 14.0. The van der Waals surface area contributed by atoms with Crippen LogP contribution in [0.25, 0.3) is 11.5 Å². The number of nitrogens with zero attached hydrogens (tertiary/aromatic N) is 4. The van der Waals surface area contributed by atoms with Crippen LogP contribution in [0.5, 0.6) is 0 Å². The first-order valence-electron chi connectivity index (χ1n) is 5.80. The van der Waals surface area contributed by atoms with Crippen molar-refractivity contribution in [2.75, 3.05) is 38.0 Å². The van der Waals surface area contributed by atoms with Crippen LogP contribution in [0.1, 0.15) is 0 Å². The summed E-state index contributed by atoms with van der Waals surface area (Å²) in [5.41, 5.74) is -1.85. The third-order valence-electron chi connectivity index (χ3n) is 2.72. The van der Waals surface area contributed by atoms with Crippen LogP contribution in [0.3, 0.4) is 0 Å². The topological polar surface area (TPSA) is 45.4 Å². The van der Waals surface area contributed by atoms with Crippen LogP contribution in [-0.2, 0) is 0 Å². The molecule has 2 aromatic rings. The Bertz CT molecular complexity index is 655. The summed E-state index contributed by atoms with van der Waals surface area (Å²) < 4.78 is 60.4. The summed E-state index contributed by atoms with van der Waals surface area (Å²) in [6, 6.07) is 0. The molecule has 0 atom stereocenters. The molecule has 0 saturated carbocycles. The van der Waals surface area contributed by atoms with E-state index in [0.29, 0.717) is 0 Å². The number of hydrogen-bond donors (Lipinski definition) is 0. The van der Waals surface area contributed by atoms with Crippen LogP contribution in [-0.4, -0.2) is 38.3 Å². The molecule has 0 unspecified atom stereocenters. The zero-order valence-corrected chi connectivity index (χ0v) is 11.7. The molecule has 0 aliphatic rings. The van der Waals surface area contributed by atoms with Crippen LogP contribution >= 0.6 is 0 Å². The van der Waals surface area contributed by atoms with Crippen LogP contribution in [0, 0.1) is 23.3 Å². The van der Waals surface area contributed by atoms with E-state index in [4.69, 9.17) is 0 Å². The van der Waals surface area contributed by atoms with Gasteiger partial charge in [-0.3, -0.25) is 0 Å². The van der Waals surface area contributed by atoms with Crippen molar-refractivity contribution in [2.45, 2.75) is 0 Å². The Labute approximate surface area is 117 Å². The minimum absolute atomic E-state index is 0.0151. The van der Waals surface area contributed by atoms with Gasteiger partial charge in [0.05, 0.1) is 0 Å². The highest BCUT2D eigenvalue weighted by atomic mass is 19.2. The van der Waals surface area contributed by atoms with Gasteiger partial charge in [0, 0.05) is 28.2 Å². The first-order chi connectivity index (χ1) is 9.75. The highest BCUT2D eigenvalue weighted by molar-refractivity contribution is 5.63. The second-order valence-corrected chi connectivity index (χ2v) is 4.67. The van der Waals surface area contributed by atoms with Crippen molar-refractivity contribution < 1.29 is 22.1 Å². The third kappa shape index (κ3) is 2.39. The Hall–Kier alpha value is -2.32. The molecule has 0 aliphatic carbocycles. The second-order valence-electron chi connectivity index (χ2n) is 4.67. The van der Waals surface area contributed by atoms with Crippen LogP contribution in [0.4, 0.5) is 29.2 Å². The molecule has 0 saturated heterocycles. The molecule has 0 bridgehead atoms. The van der Waals surface area contributed by atoms with Crippen LogP contribution < -0.4 is 9.80 Å². The van der Waals surface area contributed by atoms with E-state index in [1.807, 2.05) is 0 Å². The van der Waals surface area contributed by atoms with Gasteiger partial charge in [0.2, 0.25) is 0 Å². The quantitative estimate of drug-likeness (QED) is 0.644. The van der Waals surface area contributed by atoms with E-state index in [1.165, 1.54) is 19.0 Å². The molecule has 0 amide bonds. The van der Waals surface area contributed by atoms with Gasteiger partial charge in [0.15, 0.2) is 23.3 Å². The summed E-state index contributed by atoms with van der Waals surface area (Å²) in [7, 11) is 5.66. The monoisotopic (exact) mass is 304 g/mol. The molecule has 1 aromatic carbocycles. The molecule has 2 rings (SSSR count). The predicted octanol–water partition coefficient (Wildman–Crippen LogP) is 2.43. The largest absolute Gasteiger partial charge is 0.373 e. The van der Waals surface area contributed by atoms with Crippen molar-refractivity contribution in [2.24, 2.45) is 0 Å². The standard InChI is InChI=1S/C12H12F4N4O/c1-19(2)10-8(15)6(13)5(7(14)9(10)16)11-17-12(18-21-11)20(3)4/h1-4H3. The second kappa shape index (κ2) is 5.23. The molecule has 0 aliphatic heterocycles. The molecule has 1 aromatic heterocycles. The number of halogens is 4. The normalized spacial score (nSPS) is 10.9. The maximum absolute atomic E-state index is 14.0. The summed E-state index contributed by atoms with van der Waals surface area (Å²) in [5, 5.41) is 3.44. The van der Waals surface area contributed by atoms with E-state index in [9.17, 15) is 17.6 Å². The Morgan fingerprint density at radius 3 is 1.71 bits per heavy atom. The summed E-state index contributed by atoms with van der Waals surface area (Å²) >= 11 is 0. The van der Waals surface area contributed by atoms with Crippen LogP contribution in [0.15, 0.2) is 4.52 Å². The fraction of sp³-hybridized carbons (Fsp3) is 0.333. The van der Waals surface area contributed by atoms with Crippen molar-refractivity contribution >= 4 is 11.6 Å². The molecular formula is C12H12F4N4O. The number of benzene rings is 1. The minimum Gasteiger partial charge on any atom is -0.373 e. The maximum Gasteiger partial charge on any atom is 0.265 e. The van der Waals surface area contributed by atoms with Gasteiger partial charge >= 0.3 is 0 Å². The Kier molecular flexibility index (Phi) is 3.75. The average molecular weight is 304 g/mol. The van der Waals surface area contributed by atoms with E-state index in [2.05, 4.69) is 14.7 Å². The van der Waals surface area contributed by atoms with Gasteiger partial charge in [0.1, 0.15) is 11.3 Å². The Morgan fingerprint density at radius 2 is 1.33 bits per heavy atom. The number of rotatable bonds is 3. The van der Waals surface area contributed by atoms with E-state index >= 15 is 0 Å². The molecule has 0 fully saturated rings. The third-order valence-corrected chi connectivity index (χ3v) is 2.72. The molecule has 9 heteroatoms. The molecule has 0 spiro atoms. The van der Waals surface area contributed by atoms with E-state index in [0.717, 1.165) is 4.90 Å². The Balaban J connectivity index is 2.69. The van der Waals surface area contributed by atoms with Gasteiger partial charge < -0.3 is 14.3 Å². The summed E-state index contributed by atoms with van der Waals surface area (Å²) in [6.07, 6.45) is 0. The fourth-order valence-electron chi connectivity index (χ4n) is 1.70. The van der Waals surface area contributed by atoms with Gasteiger partial charge in [-0.1, -0.05) is 0 Å². The van der Waals surface area contributed by atoms with E-state index in [-0.39, 0.29) is 5.95 Å². The van der Waals surface area contributed by atoms with Crippen molar-refractivity contribution in [3.8, 4) is 11.5 Å². The van der Waals surface area contributed by atoms with Gasteiger partial charge in [-0.25, -0.2) is 17.6 Å². The molecule has 0 N–H and O–H groups in total. The molecule has 114 valence electrons. The van der Waals surface area contributed by atoms with Crippen LogP contribution in [0.2, 0.25) is 0 Å². The molecule has 0 radical (unpaired) electrons. The van der Waals surface area contributed by atoms with E-state index < -0.39 is 40.4 Å². The highest BCUT2D eigenvalue weighted by Crippen LogP contribution is 2.35. The highest BCUT2D eigenvalue weighted by Gasteiger charge is 2.30. The predicted molar refractivity (Wildman–Crippen MR) is 68.2 cm³/mol. The summed E-state index contributed by atoms with van der Waals surface area (Å²) in [4.78, 5) is 6.02. The molecular weight excluding hydrogens is 292 g/mol. The van der Waals surface area contributed by atoms with Crippen molar-refractivity contribution in [1.82, 2.24) is 10.1 Å². The summed E-state index contributed by atoms with van der Waals surface area (Å²) in [5.74, 6) is -6.87. The molecule has 1 heterocycles. The SMILES string of the molecule is CN(C)c1noc(-c2c(F)c(F)c(N(C)C)c(F)c2F)n1. The van der Waals surface area contributed by atoms with Gasteiger partial charge in [-0.15, -0.1) is 0 Å². The number of anilines is 2. The van der Waals surface area contributed by atoms with Gasteiger partial charge in [0.25, 0.3) is 11.8 Å². The smallest absolute Gasteiger partial charge is 0.265 e. The lowest BCUT2D eigenvalue weighted by atomic mass is 10.1. The van der Waals surface area contributed by atoms with E-state index in [1.54, 1.807) is 14.1 Å². The summed E-state index contributed by atoms with van der Waals surface area (Å²) in [6.45, 7) is 0. The van der Waals surface area contributed by atoms with Gasteiger partial charge in [-0.05, 0) is 5.16 Å². The zero-order valence-electron chi connectivity index (χ0n) is 11.7. The lowest BCUT2D eigenvalue weighted by Crippen LogP contribution is -2.16. The van der Waals surface area contributed by atoms with Crippen molar-refractivity contribution in [3.63, 3.8) is 0 Å². The Morgan fingerprint density at radius 1 is 0.810 bits per heavy atom. The zero-order chi connectivity index (χ0) is 15.9. The molecule has 5 nitrogen and oxygen atoms in total. The lowest BCUT2D eigenvalue weighted by molar-refractivity contribution is 0.413. The van der Waals surface area contributed by atoms with Crippen molar-refractivity contribution in [3.05, 3.63) is 23.3 Å². The first kappa shape index (κ1) is 15.1. The molecule has 21 heavy (non-hydrogen) atoms. The first-order valence-corrected chi connectivity index (χ1v) is 5.80. The number of hydrogen-bond acceptors (Lipinski definition) is 5. The van der Waals surface area contributed by atoms with Crippen molar-refractivity contribution in [1.29, 1.82) is 0 Å². The number of aromatic nitrogens is 2. The van der Waals surface area contributed by atoms with Gasteiger partial charge in [-0.2, -0.15) is 4.98 Å². The lowest BCUT2D eigenvalue weighted by Gasteiger charge is -2.16.